The number of rotatable bonds is 14. The van der Waals surface area contributed by atoms with Crippen molar-refractivity contribution in [2.45, 2.75) is 144 Å². The van der Waals surface area contributed by atoms with Crippen LogP contribution in [0.4, 0.5) is 0 Å². The van der Waals surface area contributed by atoms with Crippen LogP contribution in [0.1, 0.15) is 164 Å². The lowest BCUT2D eigenvalue weighted by Gasteiger charge is -2.21. The molecule has 494 valence electrons. The van der Waals surface area contributed by atoms with Crippen LogP contribution in [0.2, 0.25) is 15.1 Å². The number of hydrazine groups is 3. The molecule has 1 aliphatic rings. The van der Waals surface area contributed by atoms with E-state index in [1.807, 2.05) is 75.0 Å². The number of halogens is 3. The third-order valence-electron chi connectivity index (χ3n) is 15.7. The van der Waals surface area contributed by atoms with Crippen molar-refractivity contribution in [3.63, 3.8) is 0 Å². The molecule has 4 amide bonds. The highest BCUT2D eigenvalue weighted by atomic mass is 35.5. The Bertz CT molecular complexity index is 4210. The predicted octanol–water partition coefficient (Wildman–Crippen LogP) is 16.9. The van der Waals surface area contributed by atoms with Gasteiger partial charge in [0.2, 0.25) is 5.91 Å². The molecule has 19 heteroatoms. The molecule has 0 saturated heterocycles. The number of benzene rings is 3. The first-order valence-corrected chi connectivity index (χ1v) is 32.9. The van der Waals surface area contributed by atoms with Crippen LogP contribution in [0.5, 0.6) is 0 Å². The minimum atomic E-state index is -0.439. The minimum absolute atomic E-state index is 0.0343. The Kier molecular flexibility index (Phi) is 24.0. The van der Waals surface area contributed by atoms with E-state index in [-0.39, 0.29) is 45.9 Å². The Labute approximate surface area is 573 Å². The zero-order valence-corrected chi connectivity index (χ0v) is 58.8. The molecular weight excluding hydrogens is 1250 g/mol. The summed E-state index contributed by atoms with van der Waals surface area (Å²) in [6, 6.07) is 34.6. The molecule has 0 unspecified atom stereocenters. The maximum absolute atomic E-state index is 12.6. The maximum atomic E-state index is 12.6. The predicted molar refractivity (Wildman–Crippen MR) is 384 cm³/mol. The molecule has 10 rings (SSSR count). The van der Waals surface area contributed by atoms with Crippen LogP contribution >= 0.6 is 34.8 Å². The Morgan fingerprint density at radius 1 is 0.442 bits per heavy atom. The lowest BCUT2D eigenvalue weighted by atomic mass is 9.90. The van der Waals surface area contributed by atoms with Gasteiger partial charge in [0, 0.05) is 196 Å². The lowest BCUT2D eigenvalue weighted by molar-refractivity contribution is -0.124. The van der Waals surface area contributed by atoms with Gasteiger partial charge in [-0.25, -0.2) is 10.9 Å². The number of aromatic nitrogens is 6. The number of pyridine rings is 6. The van der Waals surface area contributed by atoms with E-state index < -0.39 is 5.91 Å². The molecule has 3 aromatic carbocycles. The van der Waals surface area contributed by atoms with E-state index in [4.69, 9.17) is 34.8 Å². The van der Waals surface area contributed by atoms with Gasteiger partial charge in [-0.3, -0.25) is 70.4 Å². The number of carbonyl (C=O) groups is 4. The summed E-state index contributed by atoms with van der Waals surface area (Å²) in [6.07, 6.45) is 20.9. The third kappa shape index (κ3) is 19.7. The first kappa shape index (κ1) is 72.1. The van der Waals surface area contributed by atoms with E-state index >= 15 is 0 Å². The molecule has 0 radical (unpaired) electrons. The van der Waals surface area contributed by atoms with Crippen LogP contribution in [-0.2, 0) is 21.0 Å². The quantitative estimate of drug-likeness (QED) is 0.0644. The Balaban J connectivity index is 0.000000183. The van der Waals surface area contributed by atoms with Gasteiger partial charge < -0.3 is 0 Å². The molecule has 5 N–H and O–H groups in total. The van der Waals surface area contributed by atoms with Gasteiger partial charge in [-0.15, -0.1) is 0 Å². The molecule has 1 aliphatic carbocycles. The summed E-state index contributed by atoms with van der Waals surface area (Å²) < 4.78 is 0. The summed E-state index contributed by atoms with van der Waals surface area (Å²) in [7, 11) is 1.71. The first-order chi connectivity index (χ1) is 44.9. The molecule has 0 atom stereocenters. The summed E-state index contributed by atoms with van der Waals surface area (Å²) in [5, 5.41) is 2.92. The zero-order valence-electron chi connectivity index (χ0n) is 56.5. The van der Waals surface area contributed by atoms with E-state index in [0.29, 0.717) is 37.8 Å². The monoisotopic (exact) mass is 1330 g/mol. The maximum Gasteiger partial charge on any atom is 0.269 e. The van der Waals surface area contributed by atoms with E-state index in [1.165, 1.54) is 17.9 Å². The Hall–Kier alpha value is -8.77. The second kappa shape index (κ2) is 31.6. The third-order valence-corrected chi connectivity index (χ3v) is 16.7. The molecule has 0 bridgehead atoms. The smallest absolute Gasteiger partial charge is 0.269 e. The van der Waals surface area contributed by atoms with Crippen molar-refractivity contribution in [3.05, 3.63) is 214 Å². The van der Waals surface area contributed by atoms with Crippen molar-refractivity contribution in [2.75, 3.05) is 7.05 Å². The molecule has 95 heavy (non-hydrogen) atoms. The van der Waals surface area contributed by atoms with Crippen molar-refractivity contribution in [1.82, 2.24) is 62.0 Å². The fraction of sp³-hybridized carbons (Fsp3) is 0.316. The molecule has 6 heterocycles. The van der Waals surface area contributed by atoms with Crippen molar-refractivity contribution >= 4 is 58.4 Å². The van der Waals surface area contributed by atoms with Crippen LogP contribution in [-0.4, -0.2) is 77.7 Å². The fourth-order valence-corrected chi connectivity index (χ4v) is 11.1. The molecule has 0 aliphatic heterocycles. The number of carbonyl (C=O) groups excluding carboxylic acids is 4. The van der Waals surface area contributed by atoms with Crippen LogP contribution < -0.4 is 27.1 Å². The molecule has 1 saturated carbocycles. The molecule has 16 nitrogen and oxygen atoms in total. The topological polar surface area (TPSA) is 209 Å². The molecular formula is C76H85Cl3N12O4. The van der Waals surface area contributed by atoms with E-state index in [1.54, 1.807) is 94.3 Å². The number of nitrogens with zero attached hydrogens (tertiary/aromatic N) is 7. The molecule has 1 fully saturated rings. The van der Waals surface area contributed by atoms with Gasteiger partial charge in [-0.2, -0.15) is 0 Å². The van der Waals surface area contributed by atoms with E-state index in [9.17, 15) is 19.2 Å². The van der Waals surface area contributed by atoms with Crippen LogP contribution in [0.25, 0.3) is 66.8 Å². The van der Waals surface area contributed by atoms with Gasteiger partial charge in [0.15, 0.2) is 0 Å². The summed E-state index contributed by atoms with van der Waals surface area (Å²) in [4.78, 5) is 75.8. The highest BCUT2D eigenvalue weighted by molar-refractivity contribution is 6.34. The van der Waals surface area contributed by atoms with Crippen molar-refractivity contribution in [3.8, 4) is 66.8 Å². The van der Waals surface area contributed by atoms with E-state index in [0.717, 1.165) is 96.7 Å². The number of hydrogen-bond acceptors (Lipinski definition) is 12. The van der Waals surface area contributed by atoms with Gasteiger partial charge in [0.1, 0.15) is 0 Å². The summed E-state index contributed by atoms with van der Waals surface area (Å²) in [6.45, 7) is 26.7. The van der Waals surface area contributed by atoms with Crippen molar-refractivity contribution < 1.29 is 19.2 Å². The fourth-order valence-electron chi connectivity index (χ4n) is 10.2. The molecule has 9 aromatic rings. The van der Waals surface area contributed by atoms with Gasteiger partial charge >= 0.3 is 0 Å². The highest BCUT2D eigenvalue weighted by Crippen LogP contribution is 2.36. The number of nitrogens with one attached hydrogen (secondary N) is 5. The van der Waals surface area contributed by atoms with Gasteiger partial charge in [-0.1, -0.05) is 142 Å². The van der Waals surface area contributed by atoms with Gasteiger partial charge in [-0.05, 0) is 134 Å². The van der Waals surface area contributed by atoms with E-state index in [2.05, 4.69) is 150 Å². The SMILES string of the molecule is CC(C)(C)c1cc(-c2cncc(-c3ccc(C(=O)NNC4CCCC4)cc3Cl)c2)ccn1.CC(C)C(=O)NNC(=O)c1ccc(-c2cncc(-c3ccnc(C(C)(C)C)c3)c2)c(Cl)c1.CC(C)NN(C)C(=O)c1ccc(-c2cncc(-c3ccnc(C(C)(C)C)c3)c2)c(Cl)c1. The van der Waals surface area contributed by atoms with Crippen molar-refractivity contribution in [2.24, 2.45) is 5.92 Å². The first-order valence-electron chi connectivity index (χ1n) is 31.8. The van der Waals surface area contributed by atoms with Gasteiger partial charge in [0.25, 0.3) is 17.7 Å². The normalized spacial score (nSPS) is 12.5. The lowest BCUT2D eigenvalue weighted by Crippen LogP contribution is -2.43. The summed E-state index contributed by atoms with van der Waals surface area (Å²) in [5.41, 5.74) is 29.2. The Morgan fingerprint density at radius 3 is 1.14 bits per heavy atom. The number of amides is 4. The second-order valence-electron chi connectivity index (χ2n) is 27.3. The molecule has 0 spiro atoms. The van der Waals surface area contributed by atoms with Crippen LogP contribution in [0.15, 0.2) is 165 Å². The average Bonchev–Trinajstić information content (AvgIpc) is 1.10. The Morgan fingerprint density at radius 2 is 0.789 bits per heavy atom. The summed E-state index contributed by atoms with van der Waals surface area (Å²) >= 11 is 19.7. The van der Waals surface area contributed by atoms with Crippen LogP contribution in [0, 0.1) is 5.92 Å². The van der Waals surface area contributed by atoms with Crippen LogP contribution in [0.3, 0.4) is 0 Å². The average molecular weight is 1340 g/mol. The second-order valence-corrected chi connectivity index (χ2v) is 28.6. The zero-order chi connectivity index (χ0) is 68.9. The minimum Gasteiger partial charge on any atom is -0.287 e. The number of hydrogen-bond donors (Lipinski definition) is 5. The largest absolute Gasteiger partial charge is 0.287 e. The molecule has 6 aromatic heterocycles. The standard InChI is InChI=1S/C26H29ClN4O.C25H27ClN4O2.C25H29ClN4O/c1-26(2,3)24-14-17(10-11-29-24)19-12-20(16-28-15-19)22-9-8-18(13-23(22)27)25(32)31-30-21-6-4-5-7-21;1-15(2)23(31)29-30-24(32)17-6-7-20(21(26)11-17)19-10-18(13-27-14-19)16-8-9-28-22(12-16)25(3,4)5;1-16(2)29-30(6)24(31)18-7-8-21(22(26)12-18)20-11-19(14-27-15-20)17-9-10-28-23(13-17)25(3,4)5/h8-16,21,30H,4-7H2,1-3H3,(H,31,32);6-15H,1-5H3,(H,29,31)(H,30,32);7-16,29H,1-6H3. The highest BCUT2D eigenvalue weighted by Gasteiger charge is 2.22. The summed E-state index contributed by atoms with van der Waals surface area (Å²) in [5.74, 6) is -1.26. The van der Waals surface area contributed by atoms with Gasteiger partial charge in [0.05, 0.1) is 0 Å². The van der Waals surface area contributed by atoms with Crippen molar-refractivity contribution in [1.29, 1.82) is 0 Å².